The van der Waals surface area contributed by atoms with Gasteiger partial charge in [-0.3, -0.25) is 0 Å². The van der Waals surface area contributed by atoms with Crippen molar-refractivity contribution < 1.29 is 15.2 Å². The first kappa shape index (κ1) is 7.79. The van der Waals surface area contributed by atoms with Crippen molar-refractivity contribution in [2.75, 3.05) is 0 Å². The molecule has 0 spiro atoms. The van der Waals surface area contributed by atoms with Crippen LogP contribution in [0.3, 0.4) is 0 Å². The second-order valence-electron chi connectivity index (χ2n) is 2.56. The molecule has 0 fully saturated rings. The Kier molecular flexibility index (Phi) is 2.48. The number of aliphatic hydroxyl groups excluding tert-OH is 1. The van der Waals surface area contributed by atoms with Crippen LogP contribution in [-0.4, -0.2) is 28.4 Å². The maximum Gasteiger partial charge on any atom is 0.461 e. The predicted molar refractivity (Wildman–Crippen MR) is 38.3 cm³/mol. The fourth-order valence-corrected chi connectivity index (χ4v) is 1.14. The Morgan fingerprint density at radius 1 is 1.40 bits per heavy atom. The normalized spacial score (nSPS) is 32.3. The van der Waals surface area contributed by atoms with E-state index >= 15 is 0 Å². The zero-order valence-electron chi connectivity index (χ0n) is 5.64. The highest BCUT2D eigenvalue weighted by atomic mass is 16.4. The van der Waals surface area contributed by atoms with Crippen LogP contribution in [0, 0.1) is 0 Å². The van der Waals surface area contributed by atoms with E-state index in [2.05, 4.69) is 0 Å². The Bertz CT molecular complexity index is 135. The molecule has 0 saturated carbocycles. The SMILES string of the molecule is OB(O)C1C=CCCC1O. The third kappa shape index (κ3) is 1.59. The molecule has 1 aliphatic carbocycles. The average molecular weight is 142 g/mol. The number of hydrogen-bond donors (Lipinski definition) is 3. The van der Waals surface area contributed by atoms with Gasteiger partial charge in [0, 0.05) is 5.82 Å². The topological polar surface area (TPSA) is 60.7 Å². The van der Waals surface area contributed by atoms with Crippen molar-refractivity contribution in [3.63, 3.8) is 0 Å². The summed E-state index contributed by atoms with van der Waals surface area (Å²) in [5, 5.41) is 26.6. The summed E-state index contributed by atoms with van der Waals surface area (Å²) in [7, 11) is -1.42. The summed E-state index contributed by atoms with van der Waals surface area (Å²) in [6, 6.07) is 0. The molecule has 10 heavy (non-hydrogen) atoms. The van der Waals surface area contributed by atoms with Crippen LogP contribution >= 0.6 is 0 Å². The third-order valence-electron chi connectivity index (χ3n) is 1.78. The molecule has 2 atom stereocenters. The van der Waals surface area contributed by atoms with Crippen molar-refractivity contribution in [3.05, 3.63) is 12.2 Å². The van der Waals surface area contributed by atoms with Crippen LogP contribution < -0.4 is 0 Å². The summed E-state index contributed by atoms with van der Waals surface area (Å²) in [5.41, 5.74) is 0. The fraction of sp³-hybridized carbons (Fsp3) is 0.667. The zero-order chi connectivity index (χ0) is 7.56. The van der Waals surface area contributed by atoms with Crippen molar-refractivity contribution in [1.29, 1.82) is 0 Å². The van der Waals surface area contributed by atoms with Crippen molar-refractivity contribution in [1.82, 2.24) is 0 Å². The molecule has 1 rings (SSSR count). The molecular weight excluding hydrogens is 131 g/mol. The van der Waals surface area contributed by atoms with Crippen molar-refractivity contribution in [3.8, 4) is 0 Å². The lowest BCUT2D eigenvalue weighted by atomic mass is 9.67. The Labute approximate surface area is 60.1 Å². The molecule has 0 aromatic carbocycles. The highest BCUT2D eigenvalue weighted by molar-refractivity contribution is 6.44. The van der Waals surface area contributed by atoms with Gasteiger partial charge in [0.25, 0.3) is 0 Å². The lowest BCUT2D eigenvalue weighted by Gasteiger charge is -2.21. The van der Waals surface area contributed by atoms with Crippen LogP contribution in [0.1, 0.15) is 12.8 Å². The predicted octanol–water partition coefficient (Wildman–Crippen LogP) is -0.460. The Hall–Kier alpha value is -0.315. The van der Waals surface area contributed by atoms with Gasteiger partial charge in [-0.2, -0.15) is 0 Å². The molecule has 0 bridgehead atoms. The maximum absolute atomic E-state index is 9.17. The minimum absolute atomic E-state index is 0.492. The quantitative estimate of drug-likeness (QED) is 0.343. The Balaban J connectivity index is 2.55. The van der Waals surface area contributed by atoms with Crippen molar-refractivity contribution >= 4 is 7.12 Å². The van der Waals surface area contributed by atoms with E-state index in [1.807, 2.05) is 6.08 Å². The molecule has 3 nitrogen and oxygen atoms in total. The minimum Gasteiger partial charge on any atom is -0.427 e. The van der Waals surface area contributed by atoms with Gasteiger partial charge in [-0.1, -0.05) is 12.2 Å². The van der Waals surface area contributed by atoms with Crippen LogP contribution in [0.15, 0.2) is 12.2 Å². The maximum atomic E-state index is 9.17. The molecule has 0 heterocycles. The summed E-state index contributed by atoms with van der Waals surface area (Å²) in [4.78, 5) is 0. The highest BCUT2D eigenvalue weighted by Gasteiger charge is 2.29. The second-order valence-corrected chi connectivity index (χ2v) is 2.56. The summed E-state index contributed by atoms with van der Waals surface area (Å²) < 4.78 is 0. The standard InChI is InChI=1S/C6H11BO3/c8-6-4-2-1-3-5(6)7(9)10/h1,3,5-6,8-10H,2,4H2. The van der Waals surface area contributed by atoms with Crippen LogP contribution in [0.2, 0.25) is 5.82 Å². The van der Waals surface area contributed by atoms with Gasteiger partial charge in [0.15, 0.2) is 0 Å². The van der Waals surface area contributed by atoms with E-state index in [9.17, 15) is 0 Å². The lowest BCUT2D eigenvalue weighted by molar-refractivity contribution is 0.151. The molecule has 3 N–H and O–H groups in total. The van der Waals surface area contributed by atoms with Crippen LogP contribution in [0.4, 0.5) is 0 Å². The van der Waals surface area contributed by atoms with Crippen molar-refractivity contribution in [2.45, 2.75) is 24.8 Å². The molecule has 4 heteroatoms. The number of hydrogen-bond acceptors (Lipinski definition) is 3. The number of allylic oxidation sites excluding steroid dienone is 1. The molecule has 0 aromatic rings. The smallest absolute Gasteiger partial charge is 0.427 e. The summed E-state index contributed by atoms with van der Waals surface area (Å²) in [5.74, 6) is -0.492. The van der Waals surface area contributed by atoms with Gasteiger partial charge < -0.3 is 15.2 Å². The molecule has 0 amide bonds. The average Bonchev–Trinajstić information content (AvgIpc) is 1.88. The van der Waals surface area contributed by atoms with Gasteiger partial charge in [-0.05, 0) is 12.8 Å². The van der Waals surface area contributed by atoms with E-state index < -0.39 is 19.0 Å². The summed E-state index contributed by atoms with van der Waals surface area (Å²) in [6.45, 7) is 0. The van der Waals surface area contributed by atoms with Gasteiger partial charge in [0.2, 0.25) is 0 Å². The first-order valence-electron chi connectivity index (χ1n) is 3.42. The van der Waals surface area contributed by atoms with Crippen molar-refractivity contribution in [2.24, 2.45) is 0 Å². The minimum atomic E-state index is -1.42. The molecule has 0 saturated heterocycles. The molecule has 1 aliphatic rings. The summed E-state index contributed by atoms with van der Waals surface area (Å²) in [6.07, 6.45) is 4.36. The van der Waals surface area contributed by atoms with E-state index in [1.54, 1.807) is 6.08 Å². The Morgan fingerprint density at radius 3 is 2.50 bits per heavy atom. The van der Waals surface area contributed by atoms with Gasteiger partial charge in [-0.15, -0.1) is 0 Å². The largest absolute Gasteiger partial charge is 0.461 e. The second kappa shape index (κ2) is 3.19. The van der Waals surface area contributed by atoms with Gasteiger partial charge >= 0.3 is 7.12 Å². The van der Waals surface area contributed by atoms with Crippen LogP contribution in [0.25, 0.3) is 0 Å². The molecule has 2 unspecified atom stereocenters. The van der Waals surface area contributed by atoms with Gasteiger partial charge in [0.1, 0.15) is 0 Å². The summed E-state index contributed by atoms with van der Waals surface area (Å²) >= 11 is 0. The van der Waals surface area contributed by atoms with E-state index in [0.29, 0.717) is 6.42 Å². The lowest BCUT2D eigenvalue weighted by Crippen LogP contribution is -2.30. The zero-order valence-corrected chi connectivity index (χ0v) is 5.64. The first-order chi connectivity index (χ1) is 4.72. The molecule has 0 aliphatic heterocycles. The van der Waals surface area contributed by atoms with Crippen LogP contribution in [0.5, 0.6) is 0 Å². The Morgan fingerprint density at radius 2 is 2.10 bits per heavy atom. The number of rotatable bonds is 1. The van der Waals surface area contributed by atoms with Gasteiger partial charge in [-0.25, -0.2) is 0 Å². The van der Waals surface area contributed by atoms with E-state index in [4.69, 9.17) is 15.2 Å². The molecule has 56 valence electrons. The molecular formula is C6H11BO3. The molecule has 0 radical (unpaired) electrons. The van der Waals surface area contributed by atoms with E-state index in [-0.39, 0.29) is 0 Å². The third-order valence-corrected chi connectivity index (χ3v) is 1.78. The van der Waals surface area contributed by atoms with E-state index in [0.717, 1.165) is 6.42 Å². The van der Waals surface area contributed by atoms with Gasteiger partial charge in [0.05, 0.1) is 6.10 Å². The van der Waals surface area contributed by atoms with E-state index in [1.165, 1.54) is 0 Å². The highest BCUT2D eigenvalue weighted by Crippen LogP contribution is 2.23. The molecule has 0 aromatic heterocycles. The number of aliphatic hydroxyl groups is 1. The van der Waals surface area contributed by atoms with Crippen LogP contribution in [-0.2, 0) is 0 Å². The monoisotopic (exact) mass is 142 g/mol. The fourth-order valence-electron chi connectivity index (χ4n) is 1.14. The first-order valence-corrected chi connectivity index (χ1v) is 3.42.